The molecule has 1 saturated heterocycles. The van der Waals surface area contributed by atoms with Gasteiger partial charge in [0.2, 0.25) is 5.43 Å². The molecule has 4 rings (SSSR count). The van der Waals surface area contributed by atoms with Gasteiger partial charge >= 0.3 is 5.97 Å². The number of halogens is 3. The summed E-state index contributed by atoms with van der Waals surface area (Å²) in [6.45, 7) is 4.79. The molecule has 6 nitrogen and oxygen atoms in total. The minimum atomic E-state index is -1.47. The number of carbonyl (C=O) groups is 1. The number of benzene rings is 2. The highest BCUT2D eigenvalue weighted by molar-refractivity contribution is 6.35. The van der Waals surface area contributed by atoms with E-state index in [1.54, 1.807) is 12.1 Å². The van der Waals surface area contributed by atoms with Crippen molar-refractivity contribution < 1.29 is 18.7 Å². The molecule has 1 unspecified atom stereocenters. The smallest absolute Gasteiger partial charge is 0.341 e. The number of pyridine rings is 1. The van der Waals surface area contributed by atoms with Crippen LogP contribution in [0.5, 0.6) is 0 Å². The summed E-state index contributed by atoms with van der Waals surface area (Å²) < 4.78 is 29.4. The van der Waals surface area contributed by atoms with E-state index in [1.165, 1.54) is 4.57 Å². The Morgan fingerprint density at radius 3 is 2.42 bits per heavy atom. The third-order valence-corrected chi connectivity index (χ3v) is 6.15. The Hall–Kier alpha value is -2.97. The van der Waals surface area contributed by atoms with Gasteiger partial charge in [-0.1, -0.05) is 11.6 Å². The van der Waals surface area contributed by atoms with Crippen LogP contribution in [0.4, 0.5) is 14.5 Å². The quantitative estimate of drug-likeness (QED) is 0.619. The fraction of sp³-hybridized carbons (Fsp3) is 0.273. The normalized spacial score (nSPS) is 17.3. The van der Waals surface area contributed by atoms with Gasteiger partial charge in [-0.05, 0) is 44.3 Å². The van der Waals surface area contributed by atoms with E-state index in [0.29, 0.717) is 17.8 Å². The average molecular weight is 448 g/mol. The zero-order valence-electron chi connectivity index (χ0n) is 16.9. The molecule has 1 aromatic heterocycles. The van der Waals surface area contributed by atoms with Crippen molar-refractivity contribution in [2.24, 2.45) is 0 Å². The molecule has 0 amide bonds. The third-order valence-electron chi connectivity index (χ3n) is 5.81. The summed E-state index contributed by atoms with van der Waals surface area (Å²) in [7, 11) is 2.08. The molecule has 1 N–H and O–H groups in total. The minimum absolute atomic E-state index is 0.0865. The highest BCUT2D eigenvalue weighted by atomic mass is 35.5. The predicted octanol–water partition coefficient (Wildman–Crippen LogP) is 3.76. The maximum absolute atomic E-state index is 14.2. The zero-order chi connectivity index (χ0) is 22.4. The van der Waals surface area contributed by atoms with Crippen molar-refractivity contribution in [1.82, 2.24) is 9.47 Å². The van der Waals surface area contributed by atoms with Crippen molar-refractivity contribution in [3.63, 3.8) is 0 Å². The van der Waals surface area contributed by atoms with Crippen LogP contribution in [0.25, 0.3) is 16.6 Å². The molecule has 2 heterocycles. The van der Waals surface area contributed by atoms with Gasteiger partial charge in [0.1, 0.15) is 10.6 Å². The summed E-state index contributed by atoms with van der Waals surface area (Å²) in [6.07, 6.45) is 1.09. The van der Waals surface area contributed by atoms with Gasteiger partial charge in [-0.15, -0.1) is 0 Å². The Labute approximate surface area is 181 Å². The number of hydrogen-bond donors (Lipinski definition) is 1. The molecule has 0 spiro atoms. The van der Waals surface area contributed by atoms with E-state index in [4.69, 9.17) is 11.6 Å². The number of carboxylic acids is 1. The number of likely N-dealkylation sites (N-methyl/N-ethyl adjacent to an activating group) is 1. The molecule has 0 saturated carbocycles. The van der Waals surface area contributed by atoms with Crippen molar-refractivity contribution in [1.29, 1.82) is 0 Å². The second-order valence-electron chi connectivity index (χ2n) is 7.72. The standard InChI is InChI=1S/C22H20ClF2N3O3/c1-12-10-27(8-7-26(12)2)13-3-5-14(6-4-13)28-11-16(22(30)31)21(29)15-9-17(24)19(25)18(23)20(15)28/h3-6,9,11-12H,7-8,10H2,1-2H3,(H,30,31). The van der Waals surface area contributed by atoms with Crippen molar-refractivity contribution in [3.05, 3.63) is 69.0 Å². The van der Waals surface area contributed by atoms with Gasteiger partial charge in [-0.25, -0.2) is 13.6 Å². The van der Waals surface area contributed by atoms with Crippen LogP contribution in [-0.4, -0.2) is 53.3 Å². The van der Waals surface area contributed by atoms with Crippen LogP contribution in [0.1, 0.15) is 17.3 Å². The van der Waals surface area contributed by atoms with E-state index >= 15 is 0 Å². The summed E-state index contributed by atoms with van der Waals surface area (Å²) in [6, 6.07) is 8.27. The van der Waals surface area contributed by atoms with Gasteiger partial charge < -0.3 is 19.5 Å². The Kier molecular flexibility index (Phi) is 5.45. The lowest BCUT2D eigenvalue weighted by Crippen LogP contribution is -2.50. The molecule has 1 aliphatic heterocycles. The largest absolute Gasteiger partial charge is 0.477 e. The fourth-order valence-electron chi connectivity index (χ4n) is 3.85. The van der Waals surface area contributed by atoms with Crippen LogP contribution >= 0.6 is 11.6 Å². The Morgan fingerprint density at radius 1 is 1.16 bits per heavy atom. The summed E-state index contributed by atoms with van der Waals surface area (Å²) in [5.74, 6) is -4.08. The van der Waals surface area contributed by atoms with E-state index in [9.17, 15) is 23.5 Å². The number of aromatic carboxylic acids is 1. The van der Waals surface area contributed by atoms with Crippen LogP contribution in [-0.2, 0) is 0 Å². The maximum Gasteiger partial charge on any atom is 0.341 e. The maximum atomic E-state index is 14.2. The molecule has 2 aromatic carbocycles. The first-order chi connectivity index (χ1) is 14.7. The fourth-order valence-corrected chi connectivity index (χ4v) is 4.14. The lowest BCUT2D eigenvalue weighted by atomic mass is 10.1. The molecule has 0 bridgehead atoms. The van der Waals surface area contributed by atoms with Crippen LogP contribution in [0.2, 0.25) is 5.02 Å². The predicted molar refractivity (Wildman–Crippen MR) is 116 cm³/mol. The number of rotatable bonds is 3. The lowest BCUT2D eigenvalue weighted by molar-refractivity contribution is 0.0695. The Morgan fingerprint density at radius 2 is 1.81 bits per heavy atom. The van der Waals surface area contributed by atoms with Crippen LogP contribution < -0.4 is 10.3 Å². The van der Waals surface area contributed by atoms with E-state index in [2.05, 4.69) is 23.8 Å². The first-order valence-electron chi connectivity index (χ1n) is 9.70. The molecule has 1 fully saturated rings. The monoisotopic (exact) mass is 447 g/mol. The molecule has 3 aromatic rings. The second kappa shape index (κ2) is 7.94. The lowest BCUT2D eigenvalue weighted by Gasteiger charge is -2.39. The van der Waals surface area contributed by atoms with Gasteiger partial charge in [0.05, 0.1) is 10.9 Å². The van der Waals surface area contributed by atoms with Gasteiger partial charge in [0.25, 0.3) is 0 Å². The van der Waals surface area contributed by atoms with Gasteiger partial charge in [-0.3, -0.25) is 4.79 Å². The number of fused-ring (bicyclic) bond motifs is 1. The zero-order valence-corrected chi connectivity index (χ0v) is 17.7. The SMILES string of the molecule is CC1CN(c2ccc(-n3cc(C(=O)O)c(=O)c4cc(F)c(F)c(Cl)c43)cc2)CCN1C. The summed E-state index contributed by atoms with van der Waals surface area (Å²) >= 11 is 6.04. The van der Waals surface area contributed by atoms with Crippen LogP contribution in [0, 0.1) is 11.6 Å². The number of anilines is 1. The van der Waals surface area contributed by atoms with E-state index in [1.807, 2.05) is 12.1 Å². The molecule has 0 aliphatic carbocycles. The van der Waals surface area contributed by atoms with E-state index < -0.39 is 33.6 Å². The molecule has 0 radical (unpaired) electrons. The second-order valence-corrected chi connectivity index (χ2v) is 8.10. The molecular weight excluding hydrogens is 428 g/mol. The van der Waals surface area contributed by atoms with E-state index in [-0.39, 0.29) is 10.9 Å². The Balaban J connectivity index is 1.86. The highest BCUT2D eigenvalue weighted by Gasteiger charge is 2.23. The van der Waals surface area contributed by atoms with Crippen molar-refractivity contribution >= 4 is 34.2 Å². The van der Waals surface area contributed by atoms with Gasteiger partial charge in [0.15, 0.2) is 11.6 Å². The number of aromatic nitrogens is 1. The van der Waals surface area contributed by atoms with Crippen molar-refractivity contribution in [2.75, 3.05) is 31.6 Å². The first kappa shape index (κ1) is 21.3. The van der Waals surface area contributed by atoms with Crippen LogP contribution in [0.3, 0.4) is 0 Å². The average Bonchev–Trinajstić information content (AvgIpc) is 2.74. The third kappa shape index (κ3) is 3.66. The molecule has 1 aliphatic rings. The van der Waals surface area contributed by atoms with Crippen molar-refractivity contribution in [3.8, 4) is 5.69 Å². The molecular formula is C22H20ClF2N3O3. The summed E-state index contributed by atoms with van der Waals surface area (Å²) in [5.41, 5.74) is -0.132. The minimum Gasteiger partial charge on any atom is -0.477 e. The van der Waals surface area contributed by atoms with E-state index in [0.717, 1.165) is 31.5 Å². The van der Waals surface area contributed by atoms with Crippen molar-refractivity contribution in [2.45, 2.75) is 13.0 Å². The Bertz CT molecular complexity index is 1240. The topological polar surface area (TPSA) is 65.8 Å². The summed E-state index contributed by atoms with van der Waals surface area (Å²) in [4.78, 5) is 28.6. The number of piperazine rings is 1. The number of hydrogen-bond acceptors (Lipinski definition) is 4. The molecule has 31 heavy (non-hydrogen) atoms. The highest BCUT2D eigenvalue weighted by Crippen LogP contribution is 2.30. The van der Waals surface area contributed by atoms with Crippen LogP contribution in [0.15, 0.2) is 41.3 Å². The first-order valence-corrected chi connectivity index (χ1v) is 10.1. The van der Waals surface area contributed by atoms with Gasteiger partial charge in [0, 0.05) is 43.2 Å². The number of nitrogens with zero attached hydrogens (tertiary/aromatic N) is 3. The molecule has 162 valence electrons. The molecule has 1 atom stereocenters. The number of carboxylic acid groups (broad SMARTS) is 1. The van der Waals surface area contributed by atoms with Gasteiger partial charge in [-0.2, -0.15) is 0 Å². The summed E-state index contributed by atoms with van der Waals surface area (Å²) in [5, 5.41) is 8.54. The molecule has 9 heteroatoms.